The number of likely N-dealkylation sites (tertiary alicyclic amines) is 1. The first-order valence-electron chi connectivity index (χ1n) is 6.63. The molecule has 1 saturated heterocycles. The number of methoxy groups -OCH3 is 1. The normalized spacial score (nSPS) is 18.8. The Morgan fingerprint density at radius 2 is 2.40 bits per heavy atom. The Kier molecular flexibility index (Phi) is 5.09. The summed E-state index contributed by atoms with van der Waals surface area (Å²) in [6.07, 6.45) is 1.17. The zero-order chi connectivity index (χ0) is 14.5. The average Bonchev–Trinajstić information content (AvgIpc) is 2.45. The molecule has 2 N–H and O–H groups in total. The summed E-state index contributed by atoms with van der Waals surface area (Å²) in [5.74, 6) is 0.650. The zero-order valence-electron chi connectivity index (χ0n) is 11.4. The first-order chi connectivity index (χ1) is 9.60. The smallest absolute Gasteiger partial charge is 0.317 e. The summed E-state index contributed by atoms with van der Waals surface area (Å²) < 4.78 is 5.23. The largest absolute Gasteiger partial charge is 0.496 e. The molecule has 20 heavy (non-hydrogen) atoms. The van der Waals surface area contributed by atoms with Crippen LogP contribution in [0.25, 0.3) is 0 Å². The topological polar surface area (TPSA) is 61.8 Å². The third-order valence-corrected chi connectivity index (χ3v) is 3.60. The van der Waals surface area contributed by atoms with Crippen LogP contribution in [-0.2, 0) is 6.54 Å². The summed E-state index contributed by atoms with van der Waals surface area (Å²) in [4.78, 5) is 13.7. The van der Waals surface area contributed by atoms with Crippen molar-refractivity contribution in [3.05, 3.63) is 28.8 Å². The Hall–Kier alpha value is -1.46. The third-order valence-electron chi connectivity index (χ3n) is 3.36. The fraction of sp³-hybridized carbons (Fsp3) is 0.500. The summed E-state index contributed by atoms with van der Waals surface area (Å²) in [7, 11) is 1.57. The molecule has 1 aromatic carbocycles. The highest BCUT2D eigenvalue weighted by molar-refractivity contribution is 6.30. The predicted octanol–water partition coefficient (Wildman–Crippen LogP) is 2.01. The molecule has 1 fully saturated rings. The van der Waals surface area contributed by atoms with Gasteiger partial charge in [-0.25, -0.2) is 4.79 Å². The van der Waals surface area contributed by atoms with Crippen LogP contribution >= 0.6 is 11.6 Å². The SMILES string of the molecule is COc1cc(Cl)ccc1CNC(=O)N1CCC[C@@H](O)C1. The van der Waals surface area contributed by atoms with E-state index >= 15 is 0 Å². The second-order valence-corrected chi connectivity index (χ2v) is 5.29. The van der Waals surface area contributed by atoms with Crippen molar-refractivity contribution in [2.45, 2.75) is 25.5 Å². The number of carbonyl (C=O) groups is 1. The Morgan fingerprint density at radius 1 is 1.60 bits per heavy atom. The Morgan fingerprint density at radius 3 is 3.10 bits per heavy atom. The summed E-state index contributed by atoms with van der Waals surface area (Å²) in [6.45, 7) is 1.44. The lowest BCUT2D eigenvalue weighted by Crippen LogP contribution is -2.46. The number of aliphatic hydroxyl groups is 1. The molecule has 1 aromatic rings. The molecule has 0 bridgehead atoms. The van der Waals surface area contributed by atoms with Gasteiger partial charge in [-0.15, -0.1) is 0 Å². The van der Waals surface area contributed by atoms with Crippen molar-refractivity contribution in [1.29, 1.82) is 0 Å². The van der Waals surface area contributed by atoms with Gasteiger partial charge >= 0.3 is 6.03 Å². The van der Waals surface area contributed by atoms with E-state index in [-0.39, 0.29) is 6.03 Å². The van der Waals surface area contributed by atoms with Crippen LogP contribution in [0.3, 0.4) is 0 Å². The maximum Gasteiger partial charge on any atom is 0.317 e. The van der Waals surface area contributed by atoms with Crippen molar-refractivity contribution in [3.63, 3.8) is 0 Å². The van der Waals surface area contributed by atoms with Crippen LogP contribution in [0.5, 0.6) is 5.75 Å². The molecule has 0 spiro atoms. The lowest BCUT2D eigenvalue weighted by Gasteiger charge is -2.30. The summed E-state index contributed by atoms with van der Waals surface area (Å²) in [6, 6.07) is 5.14. The van der Waals surface area contributed by atoms with E-state index in [1.54, 1.807) is 24.1 Å². The summed E-state index contributed by atoms with van der Waals surface area (Å²) in [5, 5.41) is 13.0. The van der Waals surface area contributed by atoms with E-state index in [1.165, 1.54) is 0 Å². The molecule has 1 aliphatic heterocycles. The third kappa shape index (κ3) is 3.77. The van der Waals surface area contributed by atoms with E-state index < -0.39 is 6.10 Å². The monoisotopic (exact) mass is 298 g/mol. The van der Waals surface area contributed by atoms with Gasteiger partial charge in [-0.1, -0.05) is 17.7 Å². The molecule has 5 nitrogen and oxygen atoms in total. The molecule has 6 heteroatoms. The highest BCUT2D eigenvalue weighted by Gasteiger charge is 2.21. The quantitative estimate of drug-likeness (QED) is 0.897. The van der Waals surface area contributed by atoms with Crippen molar-refractivity contribution in [2.75, 3.05) is 20.2 Å². The van der Waals surface area contributed by atoms with Gasteiger partial charge in [0.05, 0.1) is 13.2 Å². The maximum absolute atomic E-state index is 12.0. The van der Waals surface area contributed by atoms with Crippen LogP contribution in [0.1, 0.15) is 18.4 Å². The van der Waals surface area contributed by atoms with Crippen LogP contribution in [0.2, 0.25) is 5.02 Å². The molecule has 0 radical (unpaired) electrons. The number of nitrogens with zero attached hydrogens (tertiary/aromatic N) is 1. The van der Waals surface area contributed by atoms with Gasteiger partial charge in [0.1, 0.15) is 5.75 Å². The number of ether oxygens (including phenoxy) is 1. The molecule has 0 unspecified atom stereocenters. The molecular formula is C14H19ClN2O3. The Balaban J connectivity index is 1.93. The first kappa shape index (κ1) is 14.9. The van der Waals surface area contributed by atoms with Crippen LogP contribution in [0.4, 0.5) is 4.79 Å². The molecular weight excluding hydrogens is 280 g/mol. The molecule has 110 valence electrons. The number of aliphatic hydroxyl groups excluding tert-OH is 1. The van der Waals surface area contributed by atoms with E-state index in [4.69, 9.17) is 16.3 Å². The van der Waals surface area contributed by atoms with Gasteiger partial charge in [0, 0.05) is 30.2 Å². The van der Waals surface area contributed by atoms with Crippen molar-refractivity contribution in [2.24, 2.45) is 0 Å². The number of piperidine rings is 1. The highest BCUT2D eigenvalue weighted by Crippen LogP contribution is 2.23. The lowest BCUT2D eigenvalue weighted by atomic mass is 10.1. The van der Waals surface area contributed by atoms with Gasteiger partial charge in [-0.3, -0.25) is 0 Å². The van der Waals surface area contributed by atoms with Crippen molar-refractivity contribution in [3.8, 4) is 5.75 Å². The van der Waals surface area contributed by atoms with Gasteiger partial charge in [0.15, 0.2) is 0 Å². The number of halogens is 1. The Bertz CT molecular complexity index is 481. The van der Waals surface area contributed by atoms with Crippen molar-refractivity contribution >= 4 is 17.6 Å². The number of hydrogen-bond donors (Lipinski definition) is 2. The lowest BCUT2D eigenvalue weighted by molar-refractivity contribution is 0.0841. The number of hydrogen-bond acceptors (Lipinski definition) is 3. The molecule has 2 rings (SSSR count). The van der Waals surface area contributed by atoms with Crippen molar-refractivity contribution in [1.82, 2.24) is 10.2 Å². The van der Waals surface area contributed by atoms with Crippen LogP contribution in [0, 0.1) is 0 Å². The number of β-amino-alcohol motifs (C(OH)–C–C–N with tert-alkyl or cyclic N) is 1. The average molecular weight is 299 g/mol. The number of benzene rings is 1. The van der Waals surface area contributed by atoms with E-state index in [1.807, 2.05) is 6.07 Å². The number of amides is 2. The van der Waals surface area contributed by atoms with E-state index in [2.05, 4.69) is 5.32 Å². The zero-order valence-corrected chi connectivity index (χ0v) is 12.2. The Labute approximate surface area is 123 Å². The molecule has 1 atom stereocenters. The van der Waals surface area contributed by atoms with Crippen molar-refractivity contribution < 1.29 is 14.6 Å². The van der Waals surface area contributed by atoms with E-state index in [0.717, 1.165) is 18.4 Å². The minimum absolute atomic E-state index is 0.166. The molecule has 0 aliphatic carbocycles. The van der Waals surface area contributed by atoms with Gasteiger partial charge in [0.2, 0.25) is 0 Å². The summed E-state index contributed by atoms with van der Waals surface area (Å²) in [5.41, 5.74) is 0.864. The fourth-order valence-corrected chi connectivity index (χ4v) is 2.45. The minimum atomic E-state index is -0.417. The maximum atomic E-state index is 12.0. The van der Waals surface area contributed by atoms with Crippen LogP contribution in [0.15, 0.2) is 18.2 Å². The highest BCUT2D eigenvalue weighted by atomic mass is 35.5. The predicted molar refractivity (Wildman–Crippen MR) is 77.1 cm³/mol. The molecule has 0 aromatic heterocycles. The fourth-order valence-electron chi connectivity index (χ4n) is 2.29. The van der Waals surface area contributed by atoms with Crippen LogP contribution in [-0.4, -0.2) is 42.3 Å². The number of nitrogens with one attached hydrogen (secondary N) is 1. The van der Waals surface area contributed by atoms with Gasteiger partial charge in [-0.05, 0) is 25.0 Å². The second kappa shape index (κ2) is 6.81. The molecule has 1 aliphatic rings. The number of carbonyl (C=O) groups excluding carboxylic acids is 1. The molecule has 0 saturated carbocycles. The minimum Gasteiger partial charge on any atom is -0.496 e. The van der Waals surface area contributed by atoms with Gasteiger partial charge < -0.3 is 20.1 Å². The van der Waals surface area contributed by atoms with Gasteiger partial charge in [0.25, 0.3) is 0 Å². The van der Waals surface area contributed by atoms with Crippen LogP contribution < -0.4 is 10.1 Å². The standard InChI is InChI=1S/C14H19ClN2O3/c1-20-13-7-11(15)5-4-10(13)8-16-14(19)17-6-2-3-12(18)9-17/h4-5,7,12,18H,2-3,6,8-9H2,1H3,(H,16,19)/t12-/m1/s1. The molecule has 1 heterocycles. The first-order valence-corrected chi connectivity index (χ1v) is 7.01. The number of urea groups is 1. The summed E-state index contributed by atoms with van der Waals surface area (Å²) >= 11 is 5.89. The van der Waals surface area contributed by atoms with Gasteiger partial charge in [-0.2, -0.15) is 0 Å². The van der Waals surface area contributed by atoms with E-state index in [0.29, 0.717) is 30.4 Å². The second-order valence-electron chi connectivity index (χ2n) is 4.86. The number of rotatable bonds is 3. The molecule has 2 amide bonds. The van der Waals surface area contributed by atoms with E-state index in [9.17, 15) is 9.90 Å².